The van der Waals surface area contributed by atoms with Gasteiger partial charge in [-0.05, 0) is 6.42 Å². The zero-order chi connectivity index (χ0) is 27.5. The molecule has 0 heterocycles. The first-order chi connectivity index (χ1) is 18.9. The van der Waals surface area contributed by atoms with Gasteiger partial charge in [0.25, 0.3) is 0 Å². The predicted octanol–water partition coefficient (Wildman–Crippen LogP) is 2.36. The average Bonchev–Trinajstić information content (AvgIpc) is 2.93. The van der Waals surface area contributed by atoms with Gasteiger partial charge in [0.15, 0.2) is 0 Å². The third-order valence-corrected chi connectivity index (χ3v) is 4.91. The maximum atomic E-state index is 5.46. The fourth-order valence-electron chi connectivity index (χ4n) is 2.60. The Morgan fingerprint density at radius 3 is 0.658 bits per heavy atom. The summed E-state index contributed by atoms with van der Waals surface area (Å²) in [6.07, 6.45) is 2.25. The molecule has 0 saturated heterocycles. The lowest BCUT2D eigenvalue weighted by Gasteiger charge is -2.09. The summed E-state index contributed by atoms with van der Waals surface area (Å²) in [4.78, 5) is 0. The van der Waals surface area contributed by atoms with Gasteiger partial charge in [0.1, 0.15) is 0 Å². The second kappa shape index (κ2) is 37.0. The number of unbranched alkanes of at least 4 members (excludes halogenated alkanes) is 1. The quantitative estimate of drug-likeness (QED) is 0.0770. The van der Waals surface area contributed by atoms with Crippen molar-refractivity contribution >= 4 is 15.9 Å². The first-order valence-electron chi connectivity index (χ1n) is 13.8. The molecule has 0 amide bonds. The highest BCUT2D eigenvalue weighted by Gasteiger charge is 1.96. The molecule has 38 heavy (non-hydrogen) atoms. The second-order valence-corrected chi connectivity index (χ2v) is 8.57. The summed E-state index contributed by atoms with van der Waals surface area (Å²) < 4.78 is 59.7. The van der Waals surface area contributed by atoms with Crippen LogP contribution in [0.4, 0.5) is 0 Å². The molecule has 0 radical (unpaired) electrons. The van der Waals surface area contributed by atoms with Crippen molar-refractivity contribution < 1.29 is 52.1 Å². The average molecular weight is 622 g/mol. The number of alkyl halides is 1. The first-order valence-corrected chi connectivity index (χ1v) is 14.9. The zero-order valence-electron chi connectivity index (χ0n) is 23.5. The highest BCUT2D eigenvalue weighted by Crippen LogP contribution is 1.89. The Morgan fingerprint density at radius 1 is 0.289 bits per heavy atom. The minimum Gasteiger partial charge on any atom is -0.379 e. The number of halogens is 1. The molecule has 0 rings (SSSR count). The molecule has 0 unspecified atom stereocenters. The molecule has 0 aliphatic rings. The van der Waals surface area contributed by atoms with Gasteiger partial charge in [0.2, 0.25) is 0 Å². The Balaban J connectivity index is 3.01. The lowest BCUT2D eigenvalue weighted by atomic mass is 10.4. The minimum absolute atomic E-state index is 0.525. The molecule has 12 heteroatoms. The molecule has 0 aromatic heterocycles. The summed E-state index contributed by atoms with van der Waals surface area (Å²) in [7, 11) is 0. The zero-order valence-corrected chi connectivity index (χ0v) is 25.1. The van der Waals surface area contributed by atoms with E-state index >= 15 is 0 Å². The molecular formula is C26H53BrO11. The van der Waals surface area contributed by atoms with Crippen molar-refractivity contribution in [2.45, 2.75) is 19.8 Å². The van der Waals surface area contributed by atoms with E-state index in [9.17, 15) is 0 Å². The molecule has 0 aliphatic carbocycles. The highest BCUT2D eigenvalue weighted by atomic mass is 79.9. The van der Waals surface area contributed by atoms with E-state index in [-0.39, 0.29) is 0 Å². The normalized spacial score (nSPS) is 11.5. The van der Waals surface area contributed by atoms with Crippen LogP contribution in [-0.4, -0.2) is 151 Å². The van der Waals surface area contributed by atoms with Crippen LogP contribution in [0, 0.1) is 0 Å². The third-order valence-electron chi connectivity index (χ3n) is 4.58. The second-order valence-electron chi connectivity index (χ2n) is 7.78. The van der Waals surface area contributed by atoms with Gasteiger partial charge in [-0.1, -0.05) is 29.3 Å². The van der Waals surface area contributed by atoms with Crippen LogP contribution < -0.4 is 0 Å². The minimum atomic E-state index is 0.525. The fraction of sp³-hybridized carbons (Fsp3) is 1.00. The summed E-state index contributed by atoms with van der Waals surface area (Å²) in [5, 5.41) is 0.841. The topological polar surface area (TPSA) is 102 Å². The maximum absolute atomic E-state index is 5.46. The molecule has 0 aromatic rings. The van der Waals surface area contributed by atoms with E-state index in [2.05, 4.69) is 22.9 Å². The van der Waals surface area contributed by atoms with E-state index in [0.29, 0.717) is 139 Å². The molecular weight excluding hydrogens is 568 g/mol. The fourth-order valence-corrected chi connectivity index (χ4v) is 2.83. The van der Waals surface area contributed by atoms with Gasteiger partial charge in [-0.25, -0.2) is 0 Å². The van der Waals surface area contributed by atoms with Crippen LogP contribution in [0.25, 0.3) is 0 Å². The summed E-state index contributed by atoms with van der Waals surface area (Å²) in [6, 6.07) is 0. The van der Waals surface area contributed by atoms with Gasteiger partial charge in [0, 0.05) is 11.9 Å². The molecule has 0 atom stereocenters. The van der Waals surface area contributed by atoms with Crippen LogP contribution in [0.1, 0.15) is 19.8 Å². The van der Waals surface area contributed by atoms with Gasteiger partial charge in [-0.3, -0.25) is 0 Å². The Morgan fingerprint density at radius 2 is 0.474 bits per heavy atom. The monoisotopic (exact) mass is 620 g/mol. The molecule has 230 valence electrons. The smallest absolute Gasteiger partial charge is 0.0701 e. The molecule has 0 aliphatic heterocycles. The third kappa shape index (κ3) is 36.0. The lowest BCUT2D eigenvalue weighted by molar-refractivity contribution is -0.0273. The van der Waals surface area contributed by atoms with Crippen molar-refractivity contribution in [2.75, 3.05) is 151 Å². The van der Waals surface area contributed by atoms with Crippen LogP contribution in [0.2, 0.25) is 0 Å². The van der Waals surface area contributed by atoms with Crippen molar-refractivity contribution in [1.29, 1.82) is 0 Å². The predicted molar refractivity (Wildman–Crippen MR) is 148 cm³/mol. The van der Waals surface area contributed by atoms with Gasteiger partial charge >= 0.3 is 0 Å². The van der Waals surface area contributed by atoms with E-state index in [0.717, 1.165) is 24.8 Å². The van der Waals surface area contributed by atoms with Gasteiger partial charge in [-0.2, -0.15) is 0 Å². The molecule has 0 bridgehead atoms. The highest BCUT2D eigenvalue weighted by molar-refractivity contribution is 9.09. The molecule has 0 saturated carbocycles. The van der Waals surface area contributed by atoms with Crippen molar-refractivity contribution in [2.24, 2.45) is 0 Å². The van der Waals surface area contributed by atoms with E-state index in [1.54, 1.807) is 0 Å². The molecule has 0 aromatic carbocycles. The Kier molecular flexibility index (Phi) is 37.1. The van der Waals surface area contributed by atoms with Crippen molar-refractivity contribution in [1.82, 2.24) is 0 Å². The largest absolute Gasteiger partial charge is 0.379 e. The van der Waals surface area contributed by atoms with Gasteiger partial charge in [0.05, 0.1) is 139 Å². The molecule has 0 N–H and O–H groups in total. The number of hydrogen-bond acceptors (Lipinski definition) is 11. The van der Waals surface area contributed by atoms with Crippen LogP contribution in [0.5, 0.6) is 0 Å². The summed E-state index contributed by atoms with van der Waals surface area (Å²) in [6.45, 7) is 14.7. The first kappa shape index (κ1) is 38.0. The van der Waals surface area contributed by atoms with Crippen LogP contribution in [-0.2, 0) is 52.1 Å². The number of hydrogen-bond donors (Lipinski definition) is 0. The standard InChI is InChI=1S/C26H53BrO11/c1-2-3-5-28-7-9-30-11-13-32-15-17-34-19-21-36-23-25-38-26-24-37-22-20-35-18-16-33-14-12-31-10-8-29-6-4-27/h2-26H2,1H3. The lowest BCUT2D eigenvalue weighted by Crippen LogP contribution is -2.15. The summed E-state index contributed by atoms with van der Waals surface area (Å²) in [5.74, 6) is 0. The van der Waals surface area contributed by atoms with Crippen LogP contribution >= 0.6 is 15.9 Å². The number of ether oxygens (including phenoxy) is 11. The van der Waals surface area contributed by atoms with E-state index in [1.807, 2.05) is 0 Å². The SMILES string of the molecule is CCCCOCCOCCOCCOCCOCCOCCOCCOCCOCCOCCOCCBr. The van der Waals surface area contributed by atoms with Gasteiger partial charge < -0.3 is 52.1 Å². The van der Waals surface area contributed by atoms with Crippen LogP contribution in [0.3, 0.4) is 0 Å². The molecule has 0 fully saturated rings. The van der Waals surface area contributed by atoms with Gasteiger partial charge in [-0.15, -0.1) is 0 Å². The summed E-state index contributed by atoms with van der Waals surface area (Å²) >= 11 is 3.30. The maximum Gasteiger partial charge on any atom is 0.0701 e. The Bertz CT molecular complexity index is 375. The van der Waals surface area contributed by atoms with E-state index in [4.69, 9.17) is 52.1 Å². The Labute approximate surface area is 238 Å². The summed E-state index contributed by atoms with van der Waals surface area (Å²) in [5.41, 5.74) is 0. The Hall–Kier alpha value is 0.0400. The van der Waals surface area contributed by atoms with Crippen molar-refractivity contribution in [3.05, 3.63) is 0 Å². The van der Waals surface area contributed by atoms with E-state index < -0.39 is 0 Å². The van der Waals surface area contributed by atoms with Crippen LogP contribution in [0.15, 0.2) is 0 Å². The number of rotatable bonds is 35. The molecule has 11 nitrogen and oxygen atoms in total. The van der Waals surface area contributed by atoms with E-state index in [1.165, 1.54) is 0 Å². The van der Waals surface area contributed by atoms with Crippen molar-refractivity contribution in [3.63, 3.8) is 0 Å². The molecule has 0 spiro atoms. The van der Waals surface area contributed by atoms with Crippen molar-refractivity contribution in [3.8, 4) is 0 Å².